The Balaban J connectivity index is 2.36. The first-order valence-corrected chi connectivity index (χ1v) is 8.92. The molecule has 7 nitrogen and oxygen atoms in total. The monoisotopic (exact) mass is 346 g/mol. The number of ether oxygens (including phenoxy) is 1. The van der Waals surface area contributed by atoms with Crippen molar-refractivity contribution in [3.63, 3.8) is 0 Å². The molecule has 126 valence electrons. The highest BCUT2D eigenvalue weighted by molar-refractivity contribution is 7.89. The summed E-state index contributed by atoms with van der Waals surface area (Å²) in [4.78, 5) is 0.150. The largest absolute Gasteiger partial charge is 0.495 e. The number of rotatable bonds is 5. The zero-order valence-corrected chi connectivity index (χ0v) is 14.1. The summed E-state index contributed by atoms with van der Waals surface area (Å²) in [7, 11) is -2.12. The van der Waals surface area contributed by atoms with Gasteiger partial charge in [0.1, 0.15) is 23.5 Å². The zero-order valence-electron chi connectivity index (χ0n) is 13.3. The average Bonchev–Trinajstić information content (AvgIpc) is 2.63. The van der Waals surface area contributed by atoms with Crippen molar-refractivity contribution in [1.29, 1.82) is 10.5 Å². The summed E-state index contributed by atoms with van der Waals surface area (Å²) in [5, 5.41) is 20.3. The van der Waals surface area contributed by atoms with Crippen LogP contribution in [0.15, 0.2) is 34.9 Å². The molecule has 1 aliphatic rings. The molecule has 1 aromatic rings. The van der Waals surface area contributed by atoms with E-state index in [0.29, 0.717) is 24.5 Å². The van der Waals surface area contributed by atoms with E-state index in [1.54, 1.807) is 18.2 Å². The third kappa shape index (κ3) is 3.85. The first-order chi connectivity index (χ1) is 11.5. The van der Waals surface area contributed by atoms with Gasteiger partial charge >= 0.3 is 0 Å². The fraction of sp³-hybridized carbons (Fsp3) is 0.375. The molecule has 1 aromatic carbocycles. The van der Waals surface area contributed by atoms with Crippen molar-refractivity contribution in [2.45, 2.75) is 24.2 Å². The third-order valence-corrected chi connectivity index (χ3v) is 5.63. The topological polar surface area (TPSA) is 106 Å². The summed E-state index contributed by atoms with van der Waals surface area (Å²) < 4.78 is 32.1. The van der Waals surface area contributed by atoms with E-state index >= 15 is 0 Å². The van der Waals surface area contributed by atoms with Crippen LogP contribution in [0, 0.1) is 22.7 Å². The Morgan fingerprint density at radius 1 is 1.25 bits per heavy atom. The number of hydrogen-bond acceptors (Lipinski definition) is 6. The van der Waals surface area contributed by atoms with Gasteiger partial charge in [0.2, 0.25) is 10.0 Å². The first kappa shape index (κ1) is 17.8. The number of hydrogen-bond donors (Lipinski definition) is 1. The van der Waals surface area contributed by atoms with Gasteiger partial charge in [0.25, 0.3) is 0 Å². The number of sulfonamides is 1. The SMILES string of the molecule is COc1ccc(S(=O)(=O)N2CCCCC2)cc1NC=C(C#N)C#N. The molecule has 0 aliphatic carbocycles. The predicted molar refractivity (Wildman–Crippen MR) is 88.5 cm³/mol. The third-order valence-electron chi connectivity index (χ3n) is 3.74. The number of piperidine rings is 1. The molecule has 0 radical (unpaired) electrons. The summed E-state index contributed by atoms with van der Waals surface area (Å²) in [6.45, 7) is 1.04. The van der Waals surface area contributed by atoms with Crippen LogP contribution in [0.4, 0.5) is 5.69 Å². The minimum atomic E-state index is -3.57. The number of allylic oxidation sites excluding steroid dienone is 1. The van der Waals surface area contributed by atoms with E-state index in [9.17, 15) is 8.42 Å². The van der Waals surface area contributed by atoms with Crippen LogP contribution < -0.4 is 10.1 Å². The van der Waals surface area contributed by atoms with Crippen molar-refractivity contribution in [2.24, 2.45) is 0 Å². The van der Waals surface area contributed by atoms with Crippen LogP contribution >= 0.6 is 0 Å². The number of methoxy groups -OCH3 is 1. The van der Waals surface area contributed by atoms with Crippen LogP contribution in [-0.2, 0) is 10.0 Å². The highest BCUT2D eigenvalue weighted by Gasteiger charge is 2.26. The van der Waals surface area contributed by atoms with E-state index in [4.69, 9.17) is 15.3 Å². The van der Waals surface area contributed by atoms with E-state index in [1.165, 1.54) is 29.7 Å². The van der Waals surface area contributed by atoms with Gasteiger partial charge in [-0.25, -0.2) is 8.42 Å². The minimum Gasteiger partial charge on any atom is -0.495 e. The van der Waals surface area contributed by atoms with Gasteiger partial charge < -0.3 is 10.1 Å². The van der Waals surface area contributed by atoms with Crippen LogP contribution in [0.2, 0.25) is 0 Å². The van der Waals surface area contributed by atoms with Crippen molar-refractivity contribution in [3.8, 4) is 17.9 Å². The lowest BCUT2D eigenvalue weighted by molar-refractivity contribution is 0.346. The van der Waals surface area contributed by atoms with Gasteiger partial charge in [-0.05, 0) is 31.0 Å². The van der Waals surface area contributed by atoms with Crippen molar-refractivity contribution < 1.29 is 13.2 Å². The maximum Gasteiger partial charge on any atom is 0.243 e. The van der Waals surface area contributed by atoms with Crippen LogP contribution in [0.3, 0.4) is 0 Å². The number of anilines is 1. The number of nitrogens with one attached hydrogen (secondary N) is 1. The highest BCUT2D eigenvalue weighted by Crippen LogP contribution is 2.30. The Labute approximate surface area is 141 Å². The van der Waals surface area contributed by atoms with Gasteiger partial charge in [0, 0.05) is 19.3 Å². The first-order valence-electron chi connectivity index (χ1n) is 7.48. The Hall–Kier alpha value is -2.55. The summed E-state index contributed by atoms with van der Waals surface area (Å²) in [6, 6.07) is 7.94. The van der Waals surface area contributed by atoms with Gasteiger partial charge in [-0.3, -0.25) is 0 Å². The Morgan fingerprint density at radius 3 is 2.50 bits per heavy atom. The second kappa shape index (κ2) is 7.82. The minimum absolute atomic E-state index is 0.124. The van der Waals surface area contributed by atoms with Crippen molar-refractivity contribution >= 4 is 15.7 Å². The lowest BCUT2D eigenvalue weighted by Gasteiger charge is -2.26. The normalized spacial score (nSPS) is 15.0. The van der Waals surface area contributed by atoms with E-state index in [-0.39, 0.29) is 10.5 Å². The molecule has 0 bridgehead atoms. The standard InChI is InChI=1S/C16H18N4O3S/c1-23-16-6-5-14(9-15(16)19-12-13(10-17)11-18)24(21,22)20-7-3-2-4-8-20/h5-6,9,12,19H,2-4,7-8H2,1H3. The van der Waals surface area contributed by atoms with Gasteiger partial charge in [-0.2, -0.15) is 14.8 Å². The van der Waals surface area contributed by atoms with Crippen LogP contribution in [0.25, 0.3) is 0 Å². The molecule has 0 amide bonds. The molecular formula is C16H18N4O3S. The molecule has 8 heteroatoms. The van der Waals surface area contributed by atoms with Gasteiger partial charge in [0.05, 0.1) is 17.7 Å². The lowest BCUT2D eigenvalue weighted by Crippen LogP contribution is -2.35. The molecule has 0 spiro atoms. The molecule has 0 saturated carbocycles. The summed E-state index contributed by atoms with van der Waals surface area (Å²) in [5.41, 5.74) is 0.250. The van der Waals surface area contributed by atoms with Crippen LogP contribution in [-0.4, -0.2) is 32.9 Å². The van der Waals surface area contributed by atoms with E-state index in [0.717, 1.165) is 19.3 Å². The lowest BCUT2D eigenvalue weighted by atomic mass is 10.2. The fourth-order valence-electron chi connectivity index (χ4n) is 2.45. The Morgan fingerprint density at radius 2 is 1.92 bits per heavy atom. The smallest absolute Gasteiger partial charge is 0.243 e. The number of benzene rings is 1. The maximum atomic E-state index is 12.7. The van der Waals surface area contributed by atoms with Gasteiger partial charge in [-0.1, -0.05) is 6.42 Å². The number of nitriles is 2. The molecule has 1 heterocycles. The number of nitrogens with zero attached hydrogens (tertiary/aromatic N) is 3. The van der Waals surface area contributed by atoms with Crippen LogP contribution in [0.5, 0.6) is 5.75 Å². The van der Waals surface area contributed by atoms with Crippen molar-refractivity contribution in [2.75, 3.05) is 25.5 Å². The molecule has 1 aliphatic heterocycles. The molecule has 24 heavy (non-hydrogen) atoms. The molecule has 2 rings (SSSR count). The van der Waals surface area contributed by atoms with Crippen molar-refractivity contribution in [1.82, 2.24) is 4.31 Å². The van der Waals surface area contributed by atoms with Gasteiger partial charge in [-0.15, -0.1) is 0 Å². The fourth-order valence-corrected chi connectivity index (χ4v) is 4.00. The second-order valence-electron chi connectivity index (χ2n) is 5.25. The molecule has 0 unspecified atom stereocenters. The van der Waals surface area contributed by atoms with Gasteiger partial charge in [0.15, 0.2) is 0 Å². The average molecular weight is 346 g/mol. The summed E-state index contributed by atoms with van der Waals surface area (Å²) in [5.74, 6) is 0.416. The van der Waals surface area contributed by atoms with E-state index in [2.05, 4.69) is 5.32 Å². The second-order valence-corrected chi connectivity index (χ2v) is 7.19. The van der Waals surface area contributed by atoms with Crippen molar-refractivity contribution in [3.05, 3.63) is 30.0 Å². The predicted octanol–water partition coefficient (Wildman–Crippen LogP) is 2.21. The maximum absolute atomic E-state index is 12.7. The van der Waals surface area contributed by atoms with E-state index in [1.807, 2.05) is 0 Å². The zero-order chi connectivity index (χ0) is 17.6. The summed E-state index contributed by atoms with van der Waals surface area (Å²) in [6.07, 6.45) is 3.97. The molecule has 0 atom stereocenters. The van der Waals surface area contributed by atoms with E-state index < -0.39 is 10.0 Å². The van der Waals surface area contributed by atoms with Crippen LogP contribution in [0.1, 0.15) is 19.3 Å². The highest BCUT2D eigenvalue weighted by atomic mass is 32.2. The molecule has 1 saturated heterocycles. The quantitative estimate of drug-likeness (QED) is 0.819. The Bertz CT molecular complexity index is 797. The molecule has 0 aromatic heterocycles. The molecule has 1 fully saturated rings. The molecule has 1 N–H and O–H groups in total. The Kier molecular flexibility index (Phi) is 5.80. The molecular weight excluding hydrogens is 328 g/mol. The summed E-state index contributed by atoms with van der Waals surface area (Å²) >= 11 is 0.